The fraction of sp³-hybridized carbons (Fsp3) is 0.0714. The van der Waals surface area contributed by atoms with Crippen molar-refractivity contribution in [1.82, 2.24) is 0 Å². The minimum atomic E-state index is -1.00. The molecule has 2 aromatic rings. The van der Waals surface area contributed by atoms with Gasteiger partial charge in [0.15, 0.2) is 0 Å². The highest BCUT2D eigenvalue weighted by molar-refractivity contribution is 5.91. The normalized spacial score (nSPS) is 10.3. The van der Waals surface area contributed by atoms with Crippen molar-refractivity contribution in [1.29, 1.82) is 0 Å². The van der Waals surface area contributed by atoms with Crippen LogP contribution < -0.4 is 5.73 Å². The zero-order valence-electron chi connectivity index (χ0n) is 9.63. The van der Waals surface area contributed by atoms with Crippen LogP contribution in [0.25, 0.3) is 11.1 Å². The first-order valence-electron chi connectivity index (χ1n) is 5.44. The van der Waals surface area contributed by atoms with Crippen LogP contribution in [-0.4, -0.2) is 16.2 Å². The number of nitrogen functional groups attached to an aromatic ring is 1. The number of carboxylic acids is 1. The lowest BCUT2D eigenvalue weighted by atomic mass is 10.0. The number of hydrogen-bond acceptors (Lipinski definition) is 3. The van der Waals surface area contributed by atoms with Gasteiger partial charge in [-0.2, -0.15) is 0 Å². The number of carbonyl (C=O) groups is 1. The van der Waals surface area contributed by atoms with Gasteiger partial charge in [-0.1, -0.05) is 24.3 Å². The van der Waals surface area contributed by atoms with Crippen molar-refractivity contribution >= 4 is 11.7 Å². The van der Waals surface area contributed by atoms with Crippen LogP contribution in [-0.2, 0) is 6.61 Å². The van der Waals surface area contributed by atoms with Gasteiger partial charge in [-0.25, -0.2) is 4.79 Å². The predicted molar refractivity (Wildman–Crippen MR) is 69.2 cm³/mol. The predicted octanol–water partition coefficient (Wildman–Crippen LogP) is 2.13. The van der Waals surface area contributed by atoms with Crippen LogP contribution in [0, 0.1) is 0 Å². The maximum absolute atomic E-state index is 10.9. The lowest BCUT2D eigenvalue weighted by Gasteiger charge is -2.06. The second-order valence-electron chi connectivity index (χ2n) is 4.00. The summed E-state index contributed by atoms with van der Waals surface area (Å²) < 4.78 is 0. The molecule has 0 saturated carbocycles. The molecule has 0 aliphatic rings. The summed E-state index contributed by atoms with van der Waals surface area (Å²) in [6.07, 6.45) is 0. The molecular formula is C14H13NO3. The molecule has 0 unspecified atom stereocenters. The Morgan fingerprint density at radius 2 is 1.72 bits per heavy atom. The van der Waals surface area contributed by atoms with E-state index in [0.717, 1.165) is 16.7 Å². The third-order valence-electron chi connectivity index (χ3n) is 2.67. The molecule has 18 heavy (non-hydrogen) atoms. The third kappa shape index (κ3) is 2.49. The smallest absolute Gasteiger partial charge is 0.335 e. The lowest BCUT2D eigenvalue weighted by Crippen LogP contribution is -1.98. The minimum absolute atomic E-state index is 0.0163. The number of rotatable bonds is 3. The molecule has 0 aromatic heterocycles. The Kier molecular flexibility index (Phi) is 3.30. The number of aliphatic hydroxyl groups excluding tert-OH is 1. The van der Waals surface area contributed by atoms with Gasteiger partial charge in [0.05, 0.1) is 12.2 Å². The van der Waals surface area contributed by atoms with Crippen molar-refractivity contribution in [3.63, 3.8) is 0 Å². The van der Waals surface area contributed by atoms with Crippen LogP contribution in [0.4, 0.5) is 5.69 Å². The highest BCUT2D eigenvalue weighted by Crippen LogP contribution is 2.24. The van der Waals surface area contributed by atoms with Crippen molar-refractivity contribution in [2.75, 3.05) is 5.73 Å². The molecule has 0 saturated heterocycles. The van der Waals surface area contributed by atoms with E-state index in [1.807, 2.05) is 12.1 Å². The first-order valence-corrected chi connectivity index (χ1v) is 5.44. The summed E-state index contributed by atoms with van der Waals surface area (Å²) in [5.41, 5.74) is 8.68. The number of nitrogens with two attached hydrogens (primary N) is 1. The van der Waals surface area contributed by atoms with E-state index in [1.54, 1.807) is 24.3 Å². The van der Waals surface area contributed by atoms with E-state index in [2.05, 4.69) is 0 Å². The van der Waals surface area contributed by atoms with E-state index < -0.39 is 5.97 Å². The van der Waals surface area contributed by atoms with Gasteiger partial charge in [-0.05, 0) is 34.9 Å². The number of anilines is 1. The van der Waals surface area contributed by atoms with Crippen LogP contribution in [0.15, 0.2) is 42.5 Å². The molecule has 0 aliphatic carbocycles. The molecule has 0 aliphatic heterocycles. The average molecular weight is 243 g/mol. The Hall–Kier alpha value is -2.33. The average Bonchev–Trinajstić information content (AvgIpc) is 2.38. The molecule has 92 valence electrons. The van der Waals surface area contributed by atoms with Crippen molar-refractivity contribution in [2.24, 2.45) is 0 Å². The first-order chi connectivity index (χ1) is 8.60. The van der Waals surface area contributed by atoms with Gasteiger partial charge >= 0.3 is 5.97 Å². The number of carboxylic acid groups (broad SMARTS) is 1. The van der Waals surface area contributed by atoms with Crippen LogP contribution in [0.3, 0.4) is 0 Å². The third-order valence-corrected chi connectivity index (χ3v) is 2.67. The summed E-state index contributed by atoms with van der Waals surface area (Å²) in [4.78, 5) is 10.9. The highest BCUT2D eigenvalue weighted by Gasteiger charge is 2.07. The monoisotopic (exact) mass is 243 g/mol. The Bertz CT molecular complexity index is 576. The number of benzene rings is 2. The van der Waals surface area contributed by atoms with Gasteiger partial charge in [-0.3, -0.25) is 0 Å². The Morgan fingerprint density at radius 3 is 2.28 bits per heavy atom. The molecule has 0 radical (unpaired) electrons. The van der Waals surface area contributed by atoms with Crippen molar-refractivity contribution in [3.05, 3.63) is 53.6 Å². The van der Waals surface area contributed by atoms with Gasteiger partial charge in [0.2, 0.25) is 0 Å². The Morgan fingerprint density at radius 1 is 1.06 bits per heavy atom. The lowest BCUT2D eigenvalue weighted by molar-refractivity contribution is 0.0697. The fourth-order valence-corrected chi connectivity index (χ4v) is 1.74. The van der Waals surface area contributed by atoms with Gasteiger partial charge in [0.1, 0.15) is 0 Å². The zero-order valence-corrected chi connectivity index (χ0v) is 9.63. The molecule has 0 spiro atoms. The van der Waals surface area contributed by atoms with Crippen molar-refractivity contribution in [2.45, 2.75) is 6.61 Å². The van der Waals surface area contributed by atoms with Gasteiger partial charge in [-0.15, -0.1) is 0 Å². The standard InChI is InChI=1S/C14H13NO3/c15-13-6-11(5-12(7-13)14(17)18)10-3-1-9(8-16)2-4-10/h1-7,16H,8,15H2,(H,17,18). The number of hydrogen-bond donors (Lipinski definition) is 3. The maximum Gasteiger partial charge on any atom is 0.335 e. The molecular weight excluding hydrogens is 230 g/mol. The number of aliphatic hydroxyl groups is 1. The van der Waals surface area contributed by atoms with E-state index >= 15 is 0 Å². The van der Waals surface area contributed by atoms with E-state index in [0.29, 0.717) is 5.69 Å². The van der Waals surface area contributed by atoms with E-state index in [-0.39, 0.29) is 12.2 Å². The summed E-state index contributed by atoms with van der Waals surface area (Å²) in [7, 11) is 0. The second kappa shape index (κ2) is 4.89. The first kappa shape index (κ1) is 12.1. The number of aromatic carboxylic acids is 1. The Labute approximate surface area is 104 Å². The summed E-state index contributed by atoms with van der Waals surface area (Å²) in [6, 6.07) is 12.0. The van der Waals surface area contributed by atoms with Crippen molar-refractivity contribution < 1.29 is 15.0 Å². The maximum atomic E-state index is 10.9. The van der Waals surface area contributed by atoms with Crippen LogP contribution in [0.2, 0.25) is 0 Å². The highest BCUT2D eigenvalue weighted by atomic mass is 16.4. The summed E-state index contributed by atoms with van der Waals surface area (Å²) in [6.45, 7) is -0.0163. The molecule has 2 rings (SSSR count). The summed E-state index contributed by atoms with van der Waals surface area (Å²) >= 11 is 0. The largest absolute Gasteiger partial charge is 0.478 e. The molecule has 0 atom stereocenters. The molecule has 0 amide bonds. The minimum Gasteiger partial charge on any atom is -0.478 e. The fourth-order valence-electron chi connectivity index (χ4n) is 1.74. The Balaban J connectivity index is 2.46. The summed E-state index contributed by atoms with van der Waals surface area (Å²) in [5.74, 6) is -1.00. The van der Waals surface area contributed by atoms with Crippen molar-refractivity contribution in [3.8, 4) is 11.1 Å². The van der Waals surface area contributed by atoms with E-state index in [4.69, 9.17) is 15.9 Å². The van der Waals surface area contributed by atoms with Crippen LogP contribution >= 0.6 is 0 Å². The second-order valence-corrected chi connectivity index (χ2v) is 4.00. The van der Waals surface area contributed by atoms with Crippen LogP contribution in [0.1, 0.15) is 15.9 Å². The van der Waals surface area contributed by atoms with Crippen LogP contribution in [0.5, 0.6) is 0 Å². The van der Waals surface area contributed by atoms with Gasteiger partial charge in [0, 0.05) is 5.69 Å². The zero-order chi connectivity index (χ0) is 13.1. The molecule has 4 heteroatoms. The quantitative estimate of drug-likeness (QED) is 0.721. The molecule has 0 bridgehead atoms. The SMILES string of the molecule is Nc1cc(C(=O)O)cc(-c2ccc(CO)cc2)c1. The molecule has 0 heterocycles. The van der Waals surface area contributed by atoms with Gasteiger partial charge in [0.25, 0.3) is 0 Å². The topological polar surface area (TPSA) is 83.6 Å². The molecule has 4 N–H and O–H groups in total. The molecule has 4 nitrogen and oxygen atoms in total. The summed E-state index contributed by atoms with van der Waals surface area (Å²) in [5, 5.41) is 17.9. The molecule has 2 aromatic carbocycles. The van der Waals surface area contributed by atoms with Gasteiger partial charge < -0.3 is 15.9 Å². The van der Waals surface area contributed by atoms with E-state index in [1.165, 1.54) is 6.07 Å². The van der Waals surface area contributed by atoms with E-state index in [9.17, 15) is 4.79 Å². The molecule has 0 fully saturated rings.